The lowest BCUT2D eigenvalue weighted by molar-refractivity contribution is -0.113. The van der Waals surface area contributed by atoms with E-state index in [-0.39, 0.29) is 23.1 Å². The second-order valence-corrected chi connectivity index (χ2v) is 14.2. The van der Waals surface area contributed by atoms with Crippen LogP contribution in [0.25, 0.3) is 0 Å². The van der Waals surface area contributed by atoms with E-state index in [1.165, 1.54) is 17.8 Å². The van der Waals surface area contributed by atoms with Crippen LogP contribution in [0.15, 0.2) is 93.7 Å². The van der Waals surface area contributed by atoms with Crippen molar-refractivity contribution < 1.29 is 18.7 Å². The van der Waals surface area contributed by atoms with Crippen molar-refractivity contribution in [2.45, 2.75) is 51.3 Å². The molecule has 0 radical (unpaired) electrons. The average Bonchev–Trinajstić information content (AvgIpc) is 3.48. The highest BCUT2D eigenvalue weighted by molar-refractivity contribution is 9.10. The van der Waals surface area contributed by atoms with Crippen molar-refractivity contribution in [1.82, 2.24) is 14.8 Å². The van der Waals surface area contributed by atoms with Crippen molar-refractivity contribution in [1.29, 1.82) is 0 Å². The summed E-state index contributed by atoms with van der Waals surface area (Å²) in [5, 5.41) is 12.7. The standard InChI is InChI=1S/C37H33BrCl2FN5O3S/c1-5-48-31-17-24(16-26(38)34(31)49-18-25-28(40)11-8-12-29(25)41)33-32(35(47)43-30-14-13-20(2)15-21(30)3)22(4)42-36-44-37(45-46(33)36)50-19-23-9-6-7-10-27(23)39/h6-17,33H,5,18-19H2,1-4H3,(H,43,47)(H,42,44,45). The Labute approximate surface area is 312 Å². The van der Waals surface area contributed by atoms with Crippen LogP contribution in [-0.2, 0) is 17.2 Å². The largest absolute Gasteiger partial charge is 0.490 e. The van der Waals surface area contributed by atoms with E-state index in [2.05, 4.69) is 26.6 Å². The predicted octanol–water partition coefficient (Wildman–Crippen LogP) is 10.3. The third-order valence-corrected chi connectivity index (χ3v) is 10.3. The minimum Gasteiger partial charge on any atom is -0.490 e. The Hall–Kier alpha value is -4.03. The Balaban J connectivity index is 1.41. The topological polar surface area (TPSA) is 90.3 Å². The van der Waals surface area contributed by atoms with Crippen LogP contribution in [0.1, 0.15) is 47.7 Å². The van der Waals surface area contributed by atoms with E-state index in [1.807, 2.05) is 82.3 Å². The number of aromatic nitrogens is 3. The van der Waals surface area contributed by atoms with Crippen molar-refractivity contribution in [3.8, 4) is 11.5 Å². The fraction of sp³-hybridized carbons (Fsp3) is 0.216. The summed E-state index contributed by atoms with van der Waals surface area (Å²) in [6.07, 6.45) is 0. The molecule has 50 heavy (non-hydrogen) atoms. The van der Waals surface area contributed by atoms with E-state index in [0.717, 1.165) is 16.7 Å². The molecule has 1 aliphatic heterocycles. The molecule has 0 bridgehead atoms. The van der Waals surface area contributed by atoms with Crippen molar-refractivity contribution >= 4 is 68.4 Å². The van der Waals surface area contributed by atoms with Gasteiger partial charge in [-0.05, 0) is 96.7 Å². The Kier molecular flexibility index (Phi) is 11.1. The molecule has 5 aromatic rings. The third kappa shape index (κ3) is 7.66. The number of hydrogen-bond acceptors (Lipinski definition) is 7. The van der Waals surface area contributed by atoms with Gasteiger partial charge in [-0.1, -0.05) is 76.9 Å². The summed E-state index contributed by atoms with van der Waals surface area (Å²) in [5.74, 6) is 1.01. The van der Waals surface area contributed by atoms with E-state index >= 15 is 0 Å². The molecule has 2 heterocycles. The maximum atomic E-state index is 14.6. The Morgan fingerprint density at radius 2 is 1.82 bits per heavy atom. The van der Waals surface area contributed by atoms with Crippen LogP contribution < -0.4 is 20.1 Å². The molecule has 1 aliphatic rings. The number of fused-ring (bicyclic) bond motifs is 1. The zero-order valence-electron chi connectivity index (χ0n) is 27.6. The van der Waals surface area contributed by atoms with Crippen LogP contribution >= 0.6 is 50.9 Å². The number of carbonyl (C=O) groups is 1. The highest BCUT2D eigenvalue weighted by atomic mass is 79.9. The van der Waals surface area contributed by atoms with Gasteiger partial charge in [-0.3, -0.25) is 4.79 Å². The van der Waals surface area contributed by atoms with Crippen molar-refractivity contribution in [3.05, 3.63) is 132 Å². The van der Waals surface area contributed by atoms with Gasteiger partial charge in [0.25, 0.3) is 5.91 Å². The van der Waals surface area contributed by atoms with E-state index in [9.17, 15) is 9.18 Å². The van der Waals surface area contributed by atoms with Gasteiger partial charge >= 0.3 is 0 Å². The summed E-state index contributed by atoms with van der Waals surface area (Å²) in [6, 6.07) is 20.9. The first-order chi connectivity index (χ1) is 24.0. The van der Waals surface area contributed by atoms with Gasteiger partial charge < -0.3 is 20.1 Å². The first-order valence-electron chi connectivity index (χ1n) is 15.7. The minimum absolute atomic E-state index is 0.126. The summed E-state index contributed by atoms with van der Waals surface area (Å²) < 4.78 is 29.0. The molecule has 2 N–H and O–H groups in total. The molecule has 4 aromatic carbocycles. The summed E-state index contributed by atoms with van der Waals surface area (Å²) in [6.45, 7) is 7.85. The molecule has 8 nitrogen and oxygen atoms in total. The first kappa shape index (κ1) is 35.8. The number of hydrogen-bond donors (Lipinski definition) is 2. The van der Waals surface area contributed by atoms with E-state index in [4.69, 9.17) is 42.8 Å². The van der Waals surface area contributed by atoms with Crippen LogP contribution in [0.4, 0.5) is 16.0 Å². The number of rotatable bonds is 11. The zero-order valence-corrected chi connectivity index (χ0v) is 31.5. The quantitative estimate of drug-likeness (QED) is 0.129. The number of thioether (sulfide) groups is 1. The molecule has 0 saturated heterocycles. The molecule has 1 aromatic heterocycles. The second-order valence-electron chi connectivity index (χ2n) is 11.6. The fourth-order valence-electron chi connectivity index (χ4n) is 5.66. The van der Waals surface area contributed by atoms with Gasteiger partial charge in [0.2, 0.25) is 11.1 Å². The molecule has 0 fully saturated rings. The number of carbonyl (C=O) groups excluding carboxylic acids is 1. The normalized spacial score (nSPS) is 13.9. The lowest BCUT2D eigenvalue weighted by Crippen LogP contribution is -2.31. The average molecular weight is 798 g/mol. The fourth-order valence-corrected chi connectivity index (χ4v) is 7.57. The lowest BCUT2D eigenvalue weighted by atomic mass is 9.94. The minimum atomic E-state index is -0.718. The molecule has 1 unspecified atom stereocenters. The second kappa shape index (κ2) is 15.5. The number of ether oxygens (including phenoxy) is 2. The number of halogens is 4. The molecule has 258 valence electrons. The summed E-state index contributed by atoms with van der Waals surface area (Å²) in [5.41, 5.74) is 5.64. The zero-order chi connectivity index (χ0) is 35.5. The maximum Gasteiger partial charge on any atom is 0.255 e. The molecule has 13 heteroatoms. The molecule has 0 spiro atoms. The van der Waals surface area contributed by atoms with E-state index in [1.54, 1.807) is 16.8 Å². The van der Waals surface area contributed by atoms with Crippen LogP contribution in [0.2, 0.25) is 10.0 Å². The van der Waals surface area contributed by atoms with Crippen LogP contribution in [-0.4, -0.2) is 27.3 Å². The Morgan fingerprint density at radius 1 is 1.04 bits per heavy atom. The Morgan fingerprint density at radius 3 is 2.56 bits per heavy atom. The summed E-state index contributed by atoms with van der Waals surface area (Å²) >= 11 is 17.8. The van der Waals surface area contributed by atoms with Gasteiger partial charge in [0.1, 0.15) is 18.5 Å². The first-order valence-corrected chi connectivity index (χ1v) is 18.3. The molecular weight excluding hydrogens is 764 g/mol. The number of amides is 1. The molecule has 0 aliphatic carbocycles. The van der Waals surface area contributed by atoms with Gasteiger partial charge in [0.05, 0.1) is 21.7 Å². The summed E-state index contributed by atoms with van der Waals surface area (Å²) in [4.78, 5) is 19.0. The number of allylic oxidation sites excluding steroid dienone is 1. The molecule has 6 rings (SSSR count). The van der Waals surface area contributed by atoms with Crippen LogP contribution in [0, 0.1) is 19.7 Å². The molecule has 1 amide bonds. The highest BCUT2D eigenvalue weighted by Crippen LogP contribution is 2.44. The van der Waals surface area contributed by atoms with Crippen molar-refractivity contribution in [2.24, 2.45) is 0 Å². The number of nitrogens with zero attached hydrogens (tertiary/aromatic N) is 3. The SMILES string of the molecule is CCOc1cc(C2C(C(=O)Nc3ccc(C)cc3C)=C(C)Nc3nc(SCc4ccccc4Cl)nn32)cc(Br)c1OCc1c(F)cccc1Cl. The smallest absolute Gasteiger partial charge is 0.255 e. The predicted molar refractivity (Wildman–Crippen MR) is 201 cm³/mol. The number of aryl methyl sites for hydroxylation is 2. The number of anilines is 2. The van der Waals surface area contributed by atoms with Crippen LogP contribution in [0.5, 0.6) is 11.5 Å². The molecule has 1 atom stereocenters. The van der Waals surface area contributed by atoms with Gasteiger partial charge in [0.15, 0.2) is 11.5 Å². The van der Waals surface area contributed by atoms with Gasteiger partial charge in [-0.15, -0.1) is 5.10 Å². The van der Waals surface area contributed by atoms with E-state index < -0.39 is 11.9 Å². The molecular formula is C37H33BrCl2FN5O3S. The maximum absolute atomic E-state index is 14.6. The van der Waals surface area contributed by atoms with Crippen molar-refractivity contribution in [2.75, 3.05) is 17.2 Å². The lowest BCUT2D eigenvalue weighted by Gasteiger charge is -2.29. The molecule has 0 saturated carbocycles. The monoisotopic (exact) mass is 795 g/mol. The number of benzene rings is 4. The summed E-state index contributed by atoms with van der Waals surface area (Å²) in [7, 11) is 0. The highest BCUT2D eigenvalue weighted by Gasteiger charge is 2.36. The van der Waals surface area contributed by atoms with Gasteiger partial charge in [-0.2, -0.15) is 4.98 Å². The number of nitrogens with one attached hydrogen (secondary N) is 2. The van der Waals surface area contributed by atoms with Gasteiger partial charge in [-0.25, -0.2) is 9.07 Å². The third-order valence-electron chi connectivity index (χ3n) is 8.09. The van der Waals surface area contributed by atoms with Crippen molar-refractivity contribution in [3.63, 3.8) is 0 Å². The Bertz CT molecular complexity index is 2110. The van der Waals surface area contributed by atoms with E-state index in [0.29, 0.717) is 67.0 Å². The van der Waals surface area contributed by atoms with Gasteiger partial charge in [0, 0.05) is 27.7 Å². The van der Waals surface area contributed by atoms with Crippen LogP contribution in [0.3, 0.4) is 0 Å².